The quantitative estimate of drug-likeness (QED) is 0.825. The van der Waals surface area contributed by atoms with E-state index in [0.717, 1.165) is 36.3 Å². The lowest BCUT2D eigenvalue weighted by Gasteiger charge is -2.25. The lowest BCUT2D eigenvalue weighted by Crippen LogP contribution is -2.32. The van der Waals surface area contributed by atoms with Crippen LogP contribution in [0.5, 0.6) is 0 Å². The molecule has 3 unspecified atom stereocenters. The molecule has 0 amide bonds. The van der Waals surface area contributed by atoms with Crippen molar-refractivity contribution < 1.29 is 4.42 Å². The van der Waals surface area contributed by atoms with Gasteiger partial charge in [-0.2, -0.15) is 0 Å². The van der Waals surface area contributed by atoms with Crippen molar-refractivity contribution in [2.45, 2.75) is 32.7 Å². The van der Waals surface area contributed by atoms with E-state index in [2.05, 4.69) is 37.9 Å². The smallest absolute Gasteiger partial charge is 0.122 e. The topological polar surface area (TPSA) is 42.4 Å². The molecule has 96 valence electrons. The van der Waals surface area contributed by atoms with E-state index in [-0.39, 0.29) is 6.04 Å². The van der Waals surface area contributed by atoms with E-state index in [1.54, 1.807) is 0 Å². The number of aryl methyl sites for hydroxylation is 1. The molecule has 1 aromatic heterocycles. The molecule has 2 N–H and O–H groups in total. The highest BCUT2D eigenvalue weighted by atomic mass is 16.3. The zero-order valence-electron chi connectivity index (χ0n) is 11.1. The molecule has 1 heterocycles. The van der Waals surface area contributed by atoms with Gasteiger partial charge in [-0.05, 0) is 37.4 Å². The molecular weight excluding hydrogens is 212 g/mol. The third-order valence-corrected chi connectivity index (χ3v) is 3.91. The molecule has 1 fully saturated rings. The molecule has 1 aliphatic carbocycles. The zero-order chi connectivity index (χ0) is 12.4. The van der Waals surface area contributed by atoms with Crippen LogP contribution in [-0.2, 0) is 6.42 Å². The summed E-state index contributed by atoms with van der Waals surface area (Å²) >= 11 is 0. The van der Waals surface area contributed by atoms with Gasteiger partial charge in [-0.3, -0.25) is 4.90 Å². The van der Waals surface area contributed by atoms with Crippen LogP contribution in [0.15, 0.2) is 16.5 Å². The van der Waals surface area contributed by atoms with Crippen LogP contribution in [0.4, 0.5) is 0 Å². The first-order valence-electron chi connectivity index (χ1n) is 6.64. The van der Waals surface area contributed by atoms with Gasteiger partial charge in [0.25, 0.3) is 0 Å². The van der Waals surface area contributed by atoms with Crippen molar-refractivity contribution in [3.05, 3.63) is 23.7 Å². The molecule has 1 saturated carbocycles. The second-order valence-corrected chi connectivity index (χ2v) is 5.32. The second kappa shape index (κ2) is 5.23. The third-order valence-electron chi connectivity index (χ3n) is 3.91. The molecule has 3 heteroatoms. The zero-order valence-corrected chi connectivity index (χ0v) is 11.1. The number of hydrogen-bond acceptors (Lipinski definition) is 3. The Labute approximate surface area is 104 Å². The van der Waals surface area contributed by atoms with E-state index in [4.69, 9.17) is 10.2 Å². The van der Waals surface area contributed by atoms with Gasteiger partial charge in [-0.25, -0.2) is 0 Å². The predicted molar refractivity (Wildman–Crippen MR) is 69.8 cm³/mol. The van der Waals surface area contributed by atoms with Crippen molar-refractivity contribution in [1.82, 2.24) is 4.90 Å². The normalized spacial score (nSPS) is 25.2. The van der Waals surface area contributed by atoms with Gasteiger partial charge in [0.15, 0.2) is 0 Å². The molecule has 17 heavy (non-hydrogen) atoms. The summed E-state index contributed by atoms with van der Waals surface area (Å²) in [5.74, 6) is 3.81. The first kappa shape index (κ1) is 12.7. The van der Waals surface area contributed by atoms with Gasteiger partial charge in [0, 0.05) is 19.5 Å². The van der Waals surface area contributed by atoms with Gasteiger partial charge in [0.05, 0.1) is 6.04 Å². The van der Waals surface area contributed by atoms with E-state index in [0.29, 0.717) is 6.54 Å². The average molecular weight is 236 g/mol. The summed E-state index contributed by atoms with van der Waals surface area (Å²) in [6.07, 6.45) is 2.31. The largest absolute Gasteiger partial charge is 0.464 e. The number of hydrogen-bond donors (Lipinski definition) is 1. The van der Waals surface area contributed by atoms with Crippen LogP contribution in [-0.4, -0.2) is 25.0 Å². The van der Waals surface area contributed by atoms with Crippen LogP contribution >= 0.6 is 0 Å². The molecule has 2 rings (SSSR count). The van der Waals surface area contributed by atoms with Gasteiger partial charge < -0.3 is 10.2 Å². The first-order chi connectivity index (χ1) is 8.15. The predicted octanol–water partition coefficient (Wildman–Crippen LogP) is 2.43. The highest BCUT2D eigenvalue weighted by Crippen LogP contribution is 2.39. The summed E-state index contributed by atoms with van der Waals surface area (Å²) in [6.45, 7) is 6.17. The van der Waals surface area contributed by atoms with Crippen LogP contribution in [0, 0.1) is 11.8 Å². The van der Waals surface area contributed by atoms with Gasteiger partial charge in [-0.1, -0.05) is 13.8 Å². The van der Waals surface area contributed by atoms with Crippen molar-refractivity contribution >= 4 is 0 Å². The Bertz CT molecular complexity index is 361. The fourth-order valence-corrected chi connectivity index (χ4v) is 2.43. The minimum absolute atomic E-state index is 0.225. The molecule has 1 aliphatic rings. The van der Waals surface area contributed by atoms with Crippen molar-refractivity contribution in [1.29, 1.82) is 0 Å². The summed E-state index contributed by atoms with van der Waals surface area (Å²) < 4.78 is 5.81. The maximum absolute atomic E-state index is 5.89. The Morgan fingerprint density at radius 3 is 2.71 bits per heavy atom. The molecule has 0 saturated heterocycles. The van der Waals surface area contributed by atoms with Crippen LogP contribution in [0.3, 0.4) is 0 Å². The minimum Gasteiger partial charge on any atom is -0.464 e. The van der Waals surface area contributed by atoms with Gasteiger partial charge in [-0.15, -0.1) is 0 Å². The Hall–Kier alpha value is -0.800. The maximum atomic E-state index is 5.89. The Balaban J connectivity index is 1.99. The fourth-order valence-electron chi connectivity index (χ4n) is 2.43. The first-order valence-corrected chi connectivity index (χ1v) is 6.64. The van der Waals surface area contributed by atoms with Crippen molar-refractivity contribution in [2.75, 3.05) is 20.1 Å². The summed E-state index contributed by atoms with van der Waals surface area (Å²) in [7, 11) is 2.15. The molecular formula is C14H24N2O. The van der Waals surface area contributed by atoms with Gasteiger partial charge >= 0.3 is 0 Å². The Morgan fingerprint density at radius 2 is 2.24 bits per heavy atom. The molecule has 0 spiro atoms. The van der Waals surface area contributed by atoms with E-state index >= 15 is 0 Å². The van der Waals surface area contributed by atoms with Gasteiger partial charge in [0.2, 0.25) is 0 Å². The number of rotatable bonds is 6. The lowest BCUT2D eigenvalue weighted by molar-refractivity contribution is 0.207. The molecule has 3 atom stereocenters. The molecule has 3 nitrogen and oxygen atoms in total. The molecule has 0 bridgehead atoms. The van der Waals surface area contributed by atoms with E-state index < -0.39 is 0 Å². The Kier molecular flexibility index (Phi) is 3.89. The number of likely N-dealkylation sites (N-methyl/N-ethyl adjacent to an activating group) is 1. The standard InChI is InChI=1S/C14H24N2O/c1-4-12-5-6-14(17-12)13(8-15)16(3)9-11-7-10(11)2/h5-6,10-11,13H,4,7-9,15H2,1-3H3. The Morgan fingerprint density at radius 1 is 1.53 bits per heavy atom. The average Bonchev–Trinajstić information content (AvgIpc) is 2.82. The lowest BCUT2D eigenvalue weighted by atomic mass is 10.2. The molecule has 1 aromatic rings. The maximum Gasteiger partial charge on any atom is 0.122 e. The van der Waals surface area contributed by atoms with Crippen molar-refractivity contribution in [3.8, 4) is 0 Å². The van der Waals surface area contributed by atoms with Gasteiger partial charge in [0.1, 0.15) is 11.5 Å². The fraction of sp³-hybridized carbons (Fsp3) is 0.714. The highest BCUT2D eigenvalue weighted by Gasteiger charge is 2.34. The van der Waals surface area contributed by atoms with E-state index in [1.807, 2.05) is 0 Å². The summed E-state index contributed by atoms with van der Waals surface area (Å²) in [5.41, 5.74) is 5.89. The summed E-state index contributed by atoms with van der Waals surface area (Å²) in [4.78, 5) is 2.34. The summed E-state index contributed by atoms with van der Waals surface area (Å²) in [6, 6.07) is 4.36. The SMILES string of the molecule is CCc1ccc(C(CN)N(C)CC2CC2C)o1. The van der Waals surface area contributed by atoms with Crippen LogP contribution in [0.2, 0.25) is 0 Å². The number of furan rings is 1. The van der Waals surface area contributed by atoms with Crippen molar-refractivity contribution in [3.63, 3.8) is 0 Å². The second-order valence-electron chi connectivity index (χ2n) is 5.32. The third kappa shape index (κ3) is 2.90. The molecule has 0 aromatic carbocycles. The van der Waals surface area contributed by atoms with E-state index in [9.17, 15) is 0 Å². The minimum atomic E-state index is 0.225. The van der Waals surface area contributed by atoms with Crippen molar-refractivity contribution in [2.24, 2.45) is 17.6 Å². The van der Waals surface area contributed by atoms with Crippen LogP contribution in [0.1, 0.15) is 37.8 Å². The van der Waals surface area contributed by atoms with Crippen LogP contribution < -0.4 is 5.73 Å². The highest BCUT2D eigenvalue weighted by molar-refractivity contribution is 5.11. The summed E-state index contributed by atoms with van der Waals surface area (Å²) in [5, 5.41) is 0. The van der Waals surface area contributed by atoms with Crippen LogP contribution in [0.25, 0.3) is 0 Å². The number of nitrogens with zero attached hydrogens (tertiary/aromatic N) is 1. The monoisotopic (exact) mass is 236 g/mol. The number of nitrogens with two attached hydrogens (primary N) is 1. The molecule has 0 radical (unpaired) electrons. The van der Waals surface area contributed by atoms with E-state index in [1.165, 1.54) is 6.42 Å². The molecule has 0 aliphatic heterocycles.